The second-order valence-corrected chi connectivity index (χ2v) is 4.85. The summed E-state index contributed by atoms with van der Waals surface area (Å²) in [6.45, 7) is 2.84. The average molecular weight is 231 g/mol. The van der Waals surface area contributed by atoms with Gasteiger partial charge < -0.3 is 9.64 Å². The van der Waals surface area contributed by atoms with Gasteiger partial charge in [0.25, 0.3) is 0 Å². The summed E-state index contributed by atoms with van der Waals surface area (Å²) in [5.41, 5.74) is 0.968. The Morgan fingerprint density at radius 1 is 1.12 bits per heavy atom. The van der Waals surface area contributed by atoms with Gasteiger partial charge in [-0.15, -0.1) is 0 Å². The van der Waals surface area contributed by atoms with Crippen molar-refractivity contribution in [1.82, 2.24) is 4.90 Å². The Morgan fingerprint density at radius 3 is 2.35 bits per heavy atom. The van der Waals surface area contributed by atoms with Crippen molar-refractivity contribution in [2.75, 3.05) is 26.3 Å². The number of carbonyl (C=O) groups is 1. The zero-order valence-electron chi connectivity index (χ0n) is 9.89. The molecule has 1 saturated heterocycles. The number of amides is 1. The molecular weight excluding hydrogens is 214 g/mol. The number of carbonyl (C=O) groups excluding carboxylic acids is 1. The molecule has 2 aliphatic rings. The Balaban J connectivity index is 1.81. The number of rotatable bonds is 2. The summed E-state index contributed by atoms with van der Waals surface area (Å²) < 4.78 is 5.29. The van der Waals surface area contributed by atoms with Gasteiger partial charge in [0.2, 0.25) is 5.91 Å². The van der Waals surface area contributed by atoms with Gasteiger partial charge >= 0.3 is 0 Å². The van der Waals surface area contributed by atoms with Crippen molar-refractivity contribution in [3.05, 3.63) is 35.9 Å². The van der Waals surface area contributed by atoms with Crippen molar-refractivity contribution < 1.29 is 9.53 Å². The van der Waals surface area contributed by atoms with Crippen molar-refractivity contribution in [2.24, 2.45) is 0 Å². The fourth-order valence-electron chi connectivity index (χ4n) is 2.58. The van der Waals surface area contributed by atoms with Crippen LogP contribution in [0, 0.1) is 0 Å². The number of benzene rings is 1. The molecule has 17 heavy (non-hydrogen) atoms. The molecule has 0 radical (unpaired) electrons. The fraction of sp³-hybridized carbons (Fsp3) is 0.500. The van der Waals surface area contributed by atoms with E-state index in [1.54, 1.807) is 0 Å². The minimum atomic E-state index is -0.210. The van der Waals surface area contributed by atoms with Crippen LogP contribution in [0.5, 0.6) is 0 Å². The Labute approximate surface area is 101 Å². The van der Waals surface area contributed by atoms with E-state index in [2.05, 4.69) is 12.1 Å². The van der Waals surface area contributed by atoms with Crippen LogP contribution < -0.4 is 0 Å². The topological polar surface area (TPSA) is 29.5 Å². The highest BCUT2D eigenvalue weighted by Gasteiger charge is 2.52. The van der Waals surface area contributed by atoms with Gasteiger partial charge in [-0.1, -0.05) is 30.3 Å². The van der Waals surface area contributed by atoms with Crippen LogP contribution in [0.3, 0.4) is 0 Å². The van der Waals surface area contributed by atoms with Crippen molar-refractivity contribution in [2.45, 2.75) is 18.3 Å². The Kier molecular flexibility index (Phi) is 2.63. The number of hydrogen-bond donors (Lipinski definition) is 0. The lowest BCUT2D eigenvalue weighted by Gasteiger charge is -2.30. The molecule has 0 spiro atoms. The van der Waals surface area contributed by atoms with Crippen molar-refractivity contribution in [3.8, 4) is 0 Å². The molecular formula is C14H17NO2. The first kappa shape index (κ1) is 10.8. The summed E-state index contributed by atoms with van der Waals surface area (Å²) in [6, 6.07) is 10.2. The number of nitrogens with zero attached hydrogens (tertiary/aromatic N) is 1. The maximum Gasteiger partial charge on any atom is 0.233 e. The van der Waals surface area contributed by atoms with E-state index in [4.69, 9.17) is 4.74 Å². The minimum absolute atomic E-state index is 0.210. The van der Waals surface area contributed by atoms with Crippen LogP contribution in [0.2, 0.25) is 0 Å². The number of hydrogen-bond acceptors (Lipinski definition) is 2. The molecule has 0 unspecified atom stereocenters. The van der Waals surface area contributed by atoms with Gasteiger partial charge in [0.1, 0.15) is 0 Å². The summed E-state index contributed by atoms with van der Waals surface area (Å²) in [6.07, 6.45) is 1.99. The van der Waals surface area contributed by atoms with E-state index in [0.717, 1.165) is 25.9 Å². The molecule has 1 aliphatic heterocycles. The molecule has 0 bridgehead atoms. The van der Waals surface area contributed by atoms with Crippen molar-refractivity contribution in [1.29, 1.82) is 0 Å². The molecule has 1 amide bonds. The molecule has 1 aromatic carbocycles. The predicted molar refractivity (Wildman–Crippen MR) is 64.8 cm³/mol. The molecule has 1 saturated carbocycles. The summed E-state index contributed by atoms with van der Waals surface area (Å²) in [4.78, 5) is 14.5. The SMILES string of the molecule is O=C(N1CCOCC1)C1(c2ccccc2)CC1. The summed E-state index contributed by atoms with van der Waals surface area (Å²) in [5.74, 6) is 0.298. The average Bonchev–Trinajstić information content (AvgIpc) is 3.21. The smallest absolute Gasteiger partial charge is 0.233 e. The van der Waals surface area contributed by atoms with Crippen LogP contribution in [0.1, 0.15) is 18.4 Å². The third kappa shape index (κ3) is 1.84. The van der Waals surface area contributed by atoms with E-state index in [0.29, 0.717) is 19.1 Å². The van der Waals surface area contributed by atoms with Crippen molar-refractivity contribution in [3.63, 3.8) is 0 Å². The molecule has 1 aromatic rings. The molecule has 1 heterocycles. The second kappa shape index (κ2) is 4.15. The van der Waals surface area contributed by atoms with Gasteiger partial charge in [-0.05, 0) is 18.4 Å². The molecule has 0 aromatic heterocycles. The maximum atomic E-state index is 12.6. The zero-order valence-corrected chi connectivity index (χ0v) is 9.89. The molecule has 2 fully saturated rings. The van der Waals surface area contributed by atoms with Gasteiger partial charge in [0, 0.05) is 13.1 Å². The quantitative estimate of drug-likeness (QED) is 0.773. The summed E-state index contributed by atoms with van der Waals surface area (Å²) in [5, 5.41) is 0. The molecule has 0 N–H and O–H groups in total. The molecule has 1 aliphatic carbocycles. The first-order chi connectivity index (χ1) is 8.33. The van der Waals surface area contributed by atoms with Gasteiger partial charge in [-0.3, -0.25) is 4.79 Å². The van der Waals surface area contributed by atoms with Gasteiger partial charge in [0.15, 0.2) is 0 Å². The van der Waals surface area contributed by atoms with Crippen LogP contribution in [-0.4, -0.2) is 37.1 Å². The third-order valence-electron chi connectivity index (χ3n) is 3.78. The number of morpholine rings is 1. The van der Waals surface area contributed by atoms with E-state index in [-0.39, 0.29) is 5.41 Å². The van der Waals surface area contributed by atoms with E-state index in [9.17, 15) is 4.79 Å². The fourth-order valence-corrected chi connectivity index (χ4v) is 2.58. The largest absolute Gasteiger partial charge is 0.378 e. The van der Waals surface area contributed by atoms with Gasteiger partial charge in [0.05, 0.1) is 18.6 Å². The van der Waals surface area contributed by atoms with Gasteiger partial charge in [-0.25, -0.2) is 0 Å². The van der Waals surface area contributed by atoms with Crippen molar-refractivity contribution >= 4 is 5.91 Å². The Morgan fingerprint density at radius 2 is 1.76 bits per heavy atom. The summed E-state index contributed by atoms with van der Waals surface area (Å²) in [7, 11) is 0. The lowest BCUT2D eigenvalue weighted by Crippen LogP contribution is -2.45. The standard InChI is InChI=1S/C14H17NO2/c16-13(15-8-10-17-11-9-15)14(6-7-14)12-4-2-1-3-5-12/h1-5H,6-11H2. The van der Waals surface area contributed by atoms with Crippen LogP contribution in [0.25, 0.3) is 0 Å². The van der Waals surface area contributed by atoms with E-state index >= 15 is 0 Å². The van der Waals surface area contributed by atoms with Crippen LogP contribution >= 0.6 is 0 Å². The monoisotopic (exact) mass is 231 g/mol. The highest BCUT2D eigenvalue weighted by atomic mass is 16.5. The van der Waals surface area contributed by atoms with Crippen LogP contribution in [0.15, 0.2) is 30.3 Å². The van der Waals surface area contributed by atoms with E-state index < -0.39 is 0 Å². The summed E-state index contributed by atoms with van der Waals surface area (Å²) >= 11 is 0. The predicted octanol–water partition coefficient (Wildman–Crippen LogP) is 1.58. The molecule has 3 nitrogen and oxygen atoms in total. The Bertz CT molecular complexity index is 405. The highest BCUT2D eigenvalue weighted by molar-refractivity contribution is 5.91. The van der Waals surface area contributed by atoms with E-state index in [1.807, 2.05) is 23.1 Å². The molecule has 0 atom stereocenters. The highest BCUT2D eigenvalue weighted by Crippen LogP contribution is 2.49. The third-order valence-corrected chi connectivity index (χ3v) is 3.78. The molecule has 3 rings (SSSR count). The zero-order chi connectivity index (χ0) is 11.7. The number of ether oxygens (including phenoxy) is 1. The first-order valence-electron chi connectivity index (χ1n) is 6.26. The Hall–Kier alpha value is -1.35. The normalized spacial score (nSPS) is 22.2. The second-order valence-electron chi connectivity index (χ2n) is 4.85. The van der Waals surface area contributed by atoms with E-state index in [1.165, 1.54) is 5.56 Å². The van der Waals surface area contributed by atoms with Crippen LogP contribution in [0.4, 0.5) is 0 Å². The first-order valence-corrected chi connectivity index (χ1v) is 6.26. The van der Waals surface area contributed by atoms with Crippen LogP contribution in [-0.2, 0) is 14.9 Å². The van der Waals surface area contributed by atoms with Gasteiger partial charge in [-0.2, -0.15) is 0 Å². The molecule has 90 valence electrons. The lowest BCUT2D eigenvalue weighted by atomic mass is 9.94. The molecule has 3 heteroatoms. The minimum Gasteiger partial charge on any atom is -0.378 e. The lowest BCUT2D eigenvalue weighted by molar-refractivity contribution is -0.138. The maximum absolute atomic E-state index is 12.6.